The molecule has 11 nitrogen and oxygen atoms in total. The van der Waals surface area contributed by atoms with Gasteiger partial charge in [-0.1, -0.05) is 93.5 Å². The van der Waals surface area contributed by atoms with E-state index in [9.17, 15) is 19.5 Å². The third-order valence-electron chi connectivity index (χ3n) is 5.63. The molecule has 2 N–H and O–H groups in total. The van der Waals surface area contributed by atoms with Gasteiger partial charge >= 0.3 is 18.0 Å². The van der Waals surface area contributed by atoms with Crippen molar-refractivity contribution >= 4 is 18.0 Å². The molecule has 0 unspecified atom stereocenters. The first-order chi connectivity index (χ1) is 18.1. The molecule has 0 bridgehead atoms. The number of amides is 1. The molecule has 0 spiro atoms. The molecule has 3 rings (SSSR count). The normalized spacial score (nSPS) is 17.7. The molecule has 0 aromatic heterocycles. The zero-order chi connectivity index (χ0) is 28.1. The van der Waals surface area contributed by atoms with Crippen LogP contribution in [-0.2, 0) is 37.0 Å². The number of nitrogens with one attached hydrogen (secondary N) is 1. The van der Waals surface area contributed by atoms with Crippen molar-refractivity contribution in [1.82, 2.24) is 5.32 Å². The number of aliphatic hydroxyl groups excluding tert-OH is 1. The Morgan fingerprint density at radius 3 is 2.00 bits per heavy atom. The Hall–Kier alpha value is -4.08. The van der Waals surface area contributed by atoms with Gasteiger partial charge in [-0.2, -0.15) is 0 Å². The molecule has 11 heteroatoms. The third kappa shape index (κ3) is 9.42. The van der Waals surface area contributed by atoms with Crippen LogP contribution < -0.4 is 5.32 Å². The minimum atomic E-state index is -1.21. The van der Waals surface area contributed by atoms with E-state index in [0.717, 1.165) is 11.1 Å². The number of ether oxygens (including phenoxy) is 3. The van der Waals surface area contributed by atoms with Gasteiger partial charge in [-0.3, -0.25) is 4.79 Å². The second-order valence-electron chi connectivity index (χ2n) is 9.31. The summed E-state index contributed by atoms with van der Waals surface area (Å²) >= 11 is 0. The molecule has 2 aromatic carbocycles. The number of cyclic esters (lactones) is 1. The number of hydrogen-bond acceptors (Lipinski definition) is 8. The van der Waals surface area contributed by atoms with Crippen LogP contribution in [0.4, 0.5) is 4.79 Å². The van der Waals surface area contributed by atoms with Crippen molar-refractivity contribution in [2.24, 2.45) is 17.0 Å². The number of carbonyl (C=O) groups is 3. The van der Waals surface area contributed by atoms with Gasteiger partial charge < -0.3 is 24.6 Å². The lowest BCUT2D eigenvalue weighted by Gasteiger charge is -2.20. The monoisotopic (exact) mass is 526 g/mol. The minimum absolute atomic E-state index is 0.0493. The van der Waals surface area contributed by atoms with E-state index in [0.29, 0.717) is 0 Å². The van der Waals surface area contributed by atoms with Crippen molar-refractivity contribution in [2.45, 2.75) is 65.2 Å². The van der Waals surface area contributed by atoms with Crippen LogP contribution >= 0.6 is 0 Å². The molecule has 1 saturated heterocycles. The number of azide groups is 1. The third-order valence-corrected chi connectivity index (χ3v) is 5.63. The van der Waals surface area contributed by atoms with Gasteiger partial charge in [-0.05, 0) is 28.5 Å². The Labute approximate surface area is 221 Å². The summed E-state index contributed by atoms with van der Waals surface area (Å²) in [5, 5.41) is 15.6. The molecule has 1 amide bonds. The molecule has 0 saturated carbocycles. The van der Waals surface area contributed by atoms with Crippen LogP contribution in [0.25, 0.3) is 10.4 Å². The second-order valence-corrected chi connectivity index (χ2v) is 9.31. The van der Waals surface area contributed by atoms with Crippen LogP contribution in [0.5, 0.6) is 0 Å². The van der Waals surface area contributed by atoms with Crippen molar-refractivity contribution in [3.05, 3.63) is 82.2 Å². The quantitative estimate of drug-likeness (QED) is 0.153. The Kier molecular flexibility index (Phi) is 12.1. The highest BCUT2D eigenvalue weighted by molar-refractivity contribution is 5.85. The van der Waals surface area contributed by atoms with Crippen LogP contribution in [0.3, 0.4) is 0 Å². The minimum Gasteiger partial charge on any atom is -0.460 e. The SMILES string of the molecule is CC(C)[C@@H]1OC(=O)N[C@@H]1C(=O)OCc1ccccc1.CC(C)[C@H](O)[C@H](N=[N+]=[N-])C(=O)OCc1ccccc1. The zero-order valence-corrected chi connectivity index (χ0v) is 21.9. The number of aliphatic hydroxyl groups is 1. The summed E-state index contributed by atoms with van der Waals surface area (Å²) < 4.78 is 15.3. The van der Waals surface area contributed by atoms with Gasteiger partial charge in [0.25, 0.3) is 0 Å². The van der Waals surface area contributed by atoms with Crippen molar-refractivity contribution < 1.29 is 33.7 Å². The standard InChI is InChI=1S/C14H17NO4.C13H17N3O3/c1-9(2)12-11(15-14(17)19-12)13(16)18-8-10-6-4-3-5-7-10;1-9(2)12(17)11(15-16-14)13(18)19-8-10-6-4-3-5-7-10/h3-7,9,11-12H,8H2,1-2H3,(H,15,17);3-7,9,11-12,17H,8H2,1-2H3/t2*11-,12-/m00/s1. The predicted octanol–water partition coefficient (Wildman–Crippen LogP) is 4.29. The van der Waals surface area contributed by atoms with Gasteiger partial charge in [0, 0.05) is 4.91 Å². The molecule has 0 aliphatic carbocycles. The second kappa shape index (κ2) is 15.2. The van der Waals surface area contributed by atoms with Gasteiger partial charge in [-0.15, -0.1) is 0 Å². The van der Waals surface area contributed by atoms with Gasteiger partial charge in [-0.25, -0.2) is 9.59 Å². The number of benzene rings is 2. The number of esters is 2. The Morgan fingerprint density at radius 2 is 1.53 bits per heavy atom. The Bertz CT molecular complexity index is 1090. The molecule has 2 aromatic rings. The van der Waals surface area contributed by atoms with Crippen LogP contribution in [0.1, 0.15) is 38.8 Å². The van der Waals surface area contributed by atoms with Gasteiger partial charge in [0.2, 0.25) is 0 Å². The van der Waals surface area contributed by atoms with E-state index in [1.165, 1.54) is 0 Å². The lowest BCUT2D eigenvalue weighted by atomic mass is 10.0. The van der Waals surface area contributed by atoms with Crippen molar-refractivity contribution in [2.75, 3.05) is 0 Å². The maximum atomic E-state index is 12.0. The number of nitrogens with zero attached hydrogens (tertiary/aromatic N) is 3. The average molecular weight is 527 g/mol. The highest BCUT2D eigenvalue weighted by Crippen LogP contribution is 2.19. The van der Waals surface area contributed by atoms with Gasteiger partial charge in [0.05, 0.1) is 6.10 Å². The maximum Gasteiger partial charge on any atom is 0.408 e. The van der Waals surface area contributed by atoms with E-state index < -0.39 is 42.3 Å². The van der Waals surface area contributed by atoms with Crippen molar-refractivity contribution in [1.29, 1.82) is 0 Å². The number of hydrogen-bond donors (Lipinski definition) is 2. The molecule has 38 heavy (non-hydrogen) atoms. The van der Waals surface area contributed by atoms with Crippen LogP contribution in [-0.4, -0.2) is 47.4 Å². The summed E-state index contributed by atoms with van der Waals surface area (Å²) in [6.45, 7) is 7.52. The fraction of sp³-hybridized carbons (Fsp3) is 0.444. The van der Waals surface area contributed by atoms with Crippen molar-refractivity contribution in [3.8, 4) is 0 Å². The van der Waals surface area contributed by atoms with Gasteiger partial charge in [0.15, 0.2) is 12.1 Å². The van der Waals surface area contributed by atoms with E-state index in [1.807, 2.05) is 74.5 Å². The molecule has 1 aliphatic heterocycles. The summed E-state index contributed by atoms with van der Waals surface area (Å²) in [7, 11) is 0. The van der Waals surface area contributed by atoms with E-state index >= 15 is 0 Å². The first kappa shape index (κ1) is 30.1. The number of alkyl carbamates (subject to hydrolysis) is 1. The number of rotatable bonds is 10. The molecule has 4 atom stereocenters. The highest BCUT2D eigenvalue weighted by Gasteiger charge is 2.42. The van der Waals surface area contributed by atoms with Crippen LogP contribution in [0.15, 0.2) is 65.8 Å². The van der Waals surface area contributed by atoms with Crippen LogP contribution in [0, 0.1) is 11.8 Å². The first-order valence-electron chi connectivity index (χ1n) is 12.2. The van der Waals surface area contributed by atoms with E-state index in [4.69, 9.17) is 19.7 Å². The molecule has 1 heterocycles. The summed E-state index contributed by atoms with van der Waals surface area (Å²) in [6.07, 6.45) is -2.10. The molecule has 1 fully saturated rings. The lowest BCUT2D eigenvalue weighted by Crippen LogP contribution is -2.42. The zero-order valence-electron chi connectivity index (χ0n) is 21.9. The van der Waals surface area contributed by atoms with E-state index in [-0.39, 0.29) is 25.0 Å². The van der Waals surface area contributed by atoms with Crippen LogP contribution in [0.2, 0.25) is 0 Å². The molecular weight excluding hydrogens is 492 g/mol. The van der Waals surface area contributed by atoms with Crippen molar-refractivity contribution in [3.63, 3.8) is 0 Å². The van der Waals surface area contributed by atoms with E-state index in [2.05, 4.69) is 15.3 Å². The summed E-state index contributed by atoms with van der Waals surface area (Å²) in [5.41, 5.74) is 10.2. The van der Waals surface area contributed by atoms with E-state index in [1.54, 1.807) is 13.8 Å². The number of carbonyl (C=O) groups excluding carboxylic acids is 3. The Balaban J connectivity index is 0.000000267. The molecule has 0 radical (unpaired) electrons. The first-order valence-corrected chi connectivity index (χ1v) is 12.2. The average Bonchev–Trinajstić information content (AvgIpc) is 3.32. The fourth-order valence-electron chi connectivity index (χ4n) is 3.46. The Morgan fingerprint density at radius 1 is 1.00 bits per heavy atom. The lowest BCUT2D eigenvalue weighted by molar-refractivity contribution is -0.150. The highest BCUT2D eigenvalue weighted by atomic mass is 16.6. The fourth-order valence-corrected chi connectivity index (χ4v) is 3.46. The molecule has 1 aliphatic rings. The largest absolute Gasteiger partial charge is 0.460 e. The molecular formula is C27H34N4O7. The predicted molar refractivity (Wildman–Crippen MR) is 138 cm³/mol. The smallest absolute Gasteiger partial charge is 0.408 e. The maximum absolute atomic E-state index is 12.0. The molecule has 204 valence electrons. The summed E-state index contributed by atoms with van der Waals surface area (Å²) in [5.74, 6) is -1.34. The summed E-state index contributed by atoms with van der Waals surface area (Å²) in [4.78, 5) is 37.6. The van der Waals surface area contributed by atoms with Gasteiger partial charge in [0.1, 0.15) is 19.3 Å². The summed E-state index contributed by atoms with van der Waals surface area (Å²) in [6, 6.07) is 16.6. The topological polar surface area (TPSA) is 160 Å².